The van der Waals surface area contributed by atoms with E-state index in [1.807, 2.05) is 43.3 Å². The SMILES string of the molecule is COC(OC)C(C)NS(=O)(=O)c1cccc2c(N(C)C)cccc12. The first-order valence-electron chi connectivity index (χ1n) is 7.58. The van der Waals surface area contributed by atoms with Crippen LogP contribution in [0, 0.1) is 0 Å². The zero-order valence-corrected chi connectivity index (χ0v) is 15.4. The monoisotopic (exact) mass is 352 g/mol. The molecule has 2 aromatic carbocycles. The Kier molecular flexibility index (Phi) is 5.82. The quantitative estimate of drug-likeness (QED) is 0.774. The van der Waals surface area contributed by atoms with Crippen molar-refractivity contribution >= 4 is 26.5 Å². The number of hydrogen-bond acceptors (Lipinski definition) is 5. The van der Waals surface area contributed by atoms with E-state index in [2.05, 4.69) is 4.72 Å². The van der Waals surface area contributed by atoms with Gasteiger partial charge in [0.15, 0.2) is 6.29 Å². The van der Waals surface area contributed by atoms with Gasteiger partial charge in [0.1, 0.15) is 0 Å². The maximum atomic E-state index is 12.8. The van der Waals surface area contributed by atoms with Crippen LogP contribution in [0.15, 0.2) is 41.3 Å². The number of methoxy groups -OCH3 is 2. The Morgan fingerprint density at radius 3 is 2.17 bits per heavy atom. The number of rotatable bonds is 7. The second-order valence-electron chi connectivity index (χ2n) is 5.77. The van der Waals surface area contributed by atoms with Gasteiger partial charge in [-0.1, -0.05) is 24.3 Å². The average molecular weight is 352 g/mol. The van der Waals surface area contributed by atoms with Crippen LogP contribution in [0.4, 0.5) is 5.69 Å². The van der Waals surface area contributed by atoms with E-state index in [9.17, 15) is 8.42 Å². The summed E-state index contributed by atoms with van der Waals surface area (Å²) < 4.78 is 38.6. The van der Waals surface area contributed by atoms with E-state index in [0.29, 0.717) is 5.39 Å². The molecule has 0 heterocycles. The van der Waals surface area contributed by atoms with Crippen molar-refractivity contribution in [3.8, 4) is 0 Å². The van der Waals surface area contributed by atoms with Gasteiger partial charge in [0.25, 0.3) is 0 Å². The van der Waals surface area contributed by atoms with Crippen LogP contribution in [0.1, 0.15) is 6.92 Å². The predicted molar refractivity (Wildman–Crippen MR) is 95.9 cm³/mol. The van der Waals surface area contributed by atoms with Gasteiger partial charge in [-0.15, -0.1) is 0 Å². The standard InChI is InChI=1S/C17H24N2O4S/c1-12(17(22-4)23-5)18-24(20,21)16-11-7-8-13-14(16)9-6-10-15(13)19(2)3/h6-12,17-18H,1-5H3. The number of ether oxygens (including phenoxy) is 2. The van der Waals surface area contributed by atoms with E-state index in [1.165, 1.54) is 14.2 Å². The van der Waals surface area contributed by atoms with Gasteiger partial charge in [0, 0.05) is 44.8 Å². The van der Waals surface area contributed by atoms with Crippen molar-refractivity contribution in [1.29, 1.82) is 0 Å². The smallest absolute Gasteiger partial charge is 0.241 e. The van der Waals surface area contributed by atoms with Gasteiger partial charge in [-0.2, -0.15) is 0 Å². The molecule has 0 aliphatic rings. The largest absolute Gasteiger partial charge is 0.377 e. The van der Waals surface area contributed by atoms with Gasteiger partial charge < -0.3 is 14.4 Å². The van der Waals surface area contributed by atoms with Crippen molar-refractivity contribution in [2.24, 2.45) is 0 Å². The van der Waals surface area contributed by atoms with Gasteiger partial charge in [0.05, 0.1) is 10.9 Å². The molecule has 0 aliphatic heterocycles. The second kappa shape index (κ2) is 7.48. The third-order valence-corrected chi connectivity index (χ3v) is 5.46. The fourth-order valence-electron chi connectivity index (χ4n) is 2.76. The van der Waals surface area contributed by atoms with Crippen LogP contribution in [0.3, 0.4) is 0 Å². The topological polar surface area (TPSA) is 67.9 Å². The van der Waals surface area contributed by atoms with E-state index in [1.54, 1.807) is 19.1 Å². The Bertz CT molecular complexity index is 801. The van der Waals surface area contributed by atoms with E-state index in [4.69, 9.17) is 9.47 Å². The molecule has 1 N–H and O–H groups in total. The van der Waals surface area contributed by atoms with Gasteiger partial charge in [-0.3, -0.25) is 0 Å². The lowest BCUT2D eigenvalue weighted by atomic mass is 10.1. The van der Waals surface area contributed by atoms with E-state index < -0.39 is 22.4 Å². The summed E-state index contributed by atoms with van der Waals surface area (Å²) in [5, 5.41) is 1.56. The molecule has 7 heteroatoms. The van der Waals surface area contributed by atoms with E-state index in [0.717, 1.165) is 11.1 Å². The Morgan fingerprint density at radius 1 is 1.00 bits per heavy atom. The fraction of sp³-hybridized carbons (Fsp3) is 0.412. The average Bonchev–Trinajstić information content (AvgIpc) is 2.54. The van der Waals surface area contributed by atoms with E-state index in [-0.39, 0.29) is 4.90 Å². The molecule has 0 bridgehead atoms. The number of nitrogens with zero attached hydrogens (tertiary/aromatic N) is 1. The lowest BCUT2D eigenvalue weighted by Crippen LogP contribution is -2.42. The molecular weight excluding hydrogens is 328 g/mol. The Balaban J connectivity index is 2.50. The molecule has 0 spiro atoms. The summed E-state index contributed by atoms with van der Waals surface area (Å²) in [4.78, 5) is 2.20. The fourth-order valence-corrected chi connectivity index (χ4v) is 4.21. The molecule has 0 saturated carbocycles. The summed E-state index contributed by atoms with van der Waals surface area (Å²) in [6.45, 7) is 1.70. The molecular formula is C17H24N2O4S. The van der Waals surface area contributed by atoms with Crippen LogP contribution < -0.4 is 9.62 Å². The predicted octanol–water partition coefficient (Wildman–Crippen LogP) is 2.19. The Morgan fingerprint density at radius 2 is 1.58 bits per heavy atom. The highest BCUT2D eigenvalue weighted by Gasteiger charge is 2.25. The van der Waals surface area contributed by atoms with Crippen LogP contribution in [0.5, 0.6) is 0 Å². The highest BCUT2D eigenvalue weighted by Crippen LogP contribution is 2.30. The third-order valence-electron chi connectivity index (χ3n) is 3.84. The summed E-state index contributed by atoms with van der Waals surface area (Å²) in [6, 6.07) is 10.4. The van der Waals surface area contributed by atoms with Gasteiger partial charge in [0.2, 0.25) is 10.0 Å². The summed E-state index contributed by atoms with van der Waals surface area (Å²) in [5.41, 5.74) is 0.962. The first kappa shape index (κ1) is 18.7. The first-order valence-corrected chi connectivity index (χ1v) is 9.07. The highest BCUT2D eigenvalue weighted by atomic mass is 32.2. The summed E-state index contributed by atoms with van der Waals surface area (Å²) in [7, 11) is 3.08. The van der Waals surface area contributed by atoms with Crippen molar-refractivity contribution in [3.63, 3.8) is 0 Å². The molecule has 132 valence electrons. The molecule has 0 fully saturated rings. The van der Waals surface area contributed by atoms with Crippen LogP contribution >= 0.6 is 0 Å². The lowest BCUT2D eigenvalue weighted by Gasteiger charge is -2.22. The molecule has 0 aromatic heterocycles. The molecule has 2 rings (SSSR count). The number of sulfonamides is 1. The van der Waals surface area contributed by atoms with Gasteiger partial charge in [-0.05, 0) is 19.1 Å². The van der Waals surface area contributed by atoms with Crippen molar-refractivity contribution < 1.29 is 17.9 Å². The molecule has 2 aromatic rings. The molecule has 1 unspecified atom stereocenters. The molecule has 0 aliphatic carbocycles. The number of hydrogen-bond donors (Lipinski definition) is 1. The third kappa shape index (κ3) is 3.70. The molecule has 0 radical (unpaired) electrons. The molecule has 24 heavy (non-hydrogen) atoms. The second-order valence-corrected chi connectivity index (χ2v) is 7.45. The van der Waals surface area contributed by atoms with Gasteiger partial charge >= 0.3 is 0 Å². The lowest BCUT2D eigenvalue weighted by molar-refractivity contribution is -0.115. The van der Waals surface area contributed by atoms with Crippen LogP contribution in [0.2, 0.25) is 0 Å². The normalized spacial score (nSPS) is 13.4. The minimum Gasteiger partial charge on any atom is -0.377 e. The zero-order chi connectivity index (χ0) is 17.9. The zero-order valence-electron chi connectivity index (χ0n) is 14.6. The Hall–Kier alpha value is -1.67. The Labute approximate surface area is 143 Å². The first-order chi connectivity index (χ1) is 11.3. The molecule has 1 atom stereocenters. The summed E-state index contributed by atoms with van der Waals surface area (Å²) in [5.74, 6) is 0. The van der Waals surface area contributed by atoms with Crippen LogP contribution in [-0.4, -0.2) is 49.1 Å². The van der Waals surface area contributed by atoms with Crippen molar-refractivity contribution in [2.75, 3.05) is 33.2 Å². The highest BCUT2D eigenvalue weighted by molar-refractivity contribution is 7.89. The van der Waals surface area contributed by atoms with Gasteiger partial charge in [-0.25, -0.2) is 13.1 Å². The molecule has 0 amide bonds. The molecule has 6 nitrogen and oxygen atoms in total. The van der Waals surface area contributed by atoms with E-state index >= 15 is 0 Å². The minimum atomic E-state index is -3.72. The number of nitrogens with one attached hydrogen (secondary N) is 1. The van der Waals surface area contributed by atoms with Crippen LogP contribution in [-0.2, 0) is 19.5 Å². The summed E-state index contributed by atoms with van der Waals surface area (Å²) >= 11 is 0. The molecule has 0 saturated heterocycles. The number of anilines is 1. The number of fused-ring (bicyclic) bond motifs is 1. The van der Waals surface area contributed by atoms with Crippen LogP contribution in [0.25, 0.3) is 10.8 Å². The van der Waals surface area contributed by atoms with Crippen molar-refractivity contribution in [2.45, 2.75) is 24.2 Å². The van der Waals surface area contributed by atoms with Crippen molar-refractivity contribution in [3.05, 3.63) is 36.4 Å². The maximum Gasteiger partial charge on any atom is 0.241 e. The van der Waals surface area contributed by atoms with Crippen molar-refractivity contribution in [1.82, 2.24) is 4.72 Å². The minimum absolute atomic E-state index is 0.238. The number of benzene rings is 2. The summed E-state index contributed by atoms with van der Waals surface area (Å²) in [6.07, 6.45) is -0.660. The maximum absolute atomic E-state index is 12.8.